The molecule has 0 aromatic rings. The van der Waals surface area contributed by atoms with Gasteiger partial charge in [0.2, 0.25) is 5.91 Å². The molecule has 0 spiro atoms. The SMILES string of the molecule is CCN1C(CNC(=O)C2NC(Cl)=C(N)NC2N)NC2CC=C(CCC(=O)O)CC21. The van der Waals surface area contributed by atoms with Crippen LogP contribution in [0.4, 0.5) is 0 Å². The van der Waals surface area contributed by atoms with E-state index in [0.29, 0.717) is 25.0 Å². The molecule has 1 fully saturated rings. The predicted molar refractivity (Wildman–Crippen MR) is 109 cm³/mol. The molecule has 1 saturated heterocycles. The fourth-order valence-corrected chi connectivity index (χ4v) is 4.49. The molecule has 1 aliphatic carbocycles. The van der Waals surface area contributed by atoms with Crippen molar-refractivity contribution in [2.75, 3.05) is 13.1 Å². The van der Waals surface area contributed by atoms with Gasteiger partial charge in [0.25, 0.3) is 0 Å². The van der Waals surface area contributed by atoms with Crippen molar-refractivity contribution in [3.63, 3.8) is 0 Å². The Kier molecular flexibility index (Phi) is 6.89. The van der Waals surface area contributed by atoms with Gasteiger partial charge < -0.3 is 32.5 Å². The number of aliphatic carboxylic acids is 1. The number of amides is 1. The third-order valence-corrected chi connectivity index (χ3v) is 6.12. The molecular formula is C18H30ClN7O3. The Labute approximate surface area is 175 Å². The number of nitrogens with one attached hydrogen (secondary N) is 4. The first-order valence-electron chi connectivity index (χ1n) is 9.93. The van der Waals surface area contributed by atoms with Crippen LogP contribution in [0.25, 0.3) is 0 Å². The van der Waals surface area contributed by atoms with Crippen molar-refractivity contribution >= 4 is 23.5 Å². The zero-order valence-corrected chi connectivity index (χ0v) is 17.2. The van der Waals surface area contributed by atoms with Gasteiger partial charge in [0, 0.05) is 25.0 Å². The van der Waals surface area contributed by atoms with E-state index in [4.69, 9.17) is 28.2 Å². The van der Waals surface area contributed by atoms with Gasteiger partial charge in [-0.1, -0.05) is 30.2 Å². The fourth-order valence-electron chi connectivity index (χ4n) is 4.32. The highest BCUT2D eigenvalue weighted by atomic mass is 35.5. The van der Waals surface area contributed by atoms with Crippen molar-refractivity contribution in [3.05, 3.63) is 22.6 Å². The summed E-state index contributed by atoms with van der Waals surface area (Å²) in [4.78, 5) is 25.8. The molecular weight excluding hydrogens is 398 g/mol. The van der Waals surface area contributed by atoms with Crippen LogP contribution in [0.3, 0.4) is 0 Å². The summed E-state index contributed by atoms with van der Waals surface area (Å²) >= 11 is 5.97. The molecule has 10 nitrogen and oxygen atoms in total. The van der Waals surface area contributed by atoms with E-state index in [9.17, 15) is 9.59 Å². The molecule has 3 aliphatic rings. The Bertz CT molecular complexity index is 714. The Morgan fingerprint density at radius 1 is 1.41 bits per heavy atom. The molecule has 3 rings (SSSR count). The van der Waals surface area contributed by atoms with Gasteiger partial charge in [-0.25, -0.2) is 0 Å². The second-order valence-electron chi connectivity index (χ2n) is 7.65. The molecule has 0 aromatic carbocycles. The monoisotopic (exact) mass is 427 g/mol. The second kappa shape index (κ2) is 9.21. The molecule has 2 aliphatic heterocycles. The van der Waals surface area contributed by atoms with Crippen LogP contribution in [0.5, 0.6) is 0 Å². The Hall–Kier alpha value is -2.01. The third kappa shape index (κ3) is 4.95. The lowest BCUT2D eigenvalue weighted by atomic mass is 9.88. The highest BCUT2D eigenvalue weighted by Gasteiger charge is 2.41. The quantitative estimate of drug-likeness (QED) is 0.197. The Morgan fingerprint density at radius 3 is 2.86 bits per heavy atom. The number of hydrogen-bond donors (Lipinski definition) is 7. The number of likely N-dealkylation sites (N-methyl/N-ethyl adjacent to an activating group) is 1. The van der Waals surface area contributed by atoms with Gasteiger partial charge in [-0.15, -0.1) is 0 Å². The Morgan fingerprint density at radius 2 is 2.17 bits per heavy atom. The van der Waals surface area contributed by atoms with Crippen molar-refractivity contribution in [3.8, 4) is 0 Å². The average Bonchev–Trinajstić information content (AvgIpc) is 3.03. The number of carbonyl (C=O) groups is 2. The maximum absolute atomic E-state index is 12.6. The molecule has 5 unspecified atom stereocenters. The molecule has 29 heavy (non-hydrogen) atoms. The van der Waals surface area contributed by atoms with Crippen LogP contribution in [0.2, 0.25) is 0 Å². The minimum absolute atomic E-state index is 0.00460. The highest BCUT2D eigenvalue weighted by molar-refractivity contribution is 6.29. The summed E-state index contributed by atoms with van der Waals surface area (Å²) in [6.45, 7) is 3.34. The summed E-state index contributed by atoms with van der Waals surface area (Å²) in [6.07, 6.45) is 3.93. The molecule has 0 radical (unpaired) electrons. The number of carboxylic acid groups (broad SMARTS) is 1. The maximum atomic E-state index is 12.6. The van der Waals surface area contributed by atoms with E-state index >= 15 is 0 Å². The molecule has 1 amide bonds. The van der Waals surface area contributed by atoms with E-state index in [2.05, 4.69) is 39.2 Å². The van der Waals surface area contributed by atoms with Crippen molar-refractivity contribution < 1.29 is 14.7 Å². The summed E-state index contributed by atoms with van der Waals surface area (Å²) in [5.74, 6) is -0.817. The van der Waals surface area contributed by atoms with E-state index in [1.165, 1.54) is 5.57 Å². The van der Waals surface area contributed by atoms with Crippen LogP contribution in [0, 0.1) is 0 Å². The molecule has 0 bridgehead atoms. The lowest BCUT2D eigenvalue weighted by Gasteiger charge is -2.33. The van der Waals surface area contributed by atoms with Crippen LogP contribution >= 0.6 is 11.6 Å². The van der Waals surface area contributed by atoms with Crippen molar-refractivity contribution in [2.24, 2.45) is 11.5 Å². The van der Waals surface area contributed by atoms with Gasteiger partial charge in [0.15, 0.2) is 0 Å². The first-order valence-corrected chi connectivity index (χ1v) is 10.3. The predicted octanol–water partition coefficient (Wildman–Crippen LogP) is -1.15. The first-order chi connectivity index (χ1) is 13.8. The normalized spacial score (nSPS) is 32.1. The largest absolute Gasteiger partial charge is 0.481 e. The topological polar surface area (TPSA) is 158 Å². The lowest BCUT2D eigenvalue weighted by Crippen LogP contribution is -2.64. The highest BCUT2D eigenvalue weighted by Crippen LogP contribution is 2.31. The number of hydrogen-bond acceptors (Lipinski definition) is 8. The van der Waals surface area contributed by atoms with Crippen LogP contribution in [-0.4, -0.2) is 65.4 Å². The van der Waals surface area contributed by atoms with Crippen LogP contribution < -0.4 is 32.7 Å². The van der Waals surface area contributed by atoms with Gasteiger partial charge >= 0.3 is 5.97 Å². The van der Waals surface area contributed by atoms with Gasteiger partial charge in [0.1, 0.15) is 23.2 Å². The Balaban J connectivity index is 1.55. The molecule has 0 aromatic heterocycles. The third-order valence-electron chi connectivity index (χ3n) is 5.81. The molecule has 5 atom stereocenters. The van der Waals surface area contributed by atoms with E-state index in [1.54, 1.807) is 0 Å². The van der Waals surface area contributed by atoms with Gasteiger partial charge in [0.05, 0.1) is 6.17 Å². The minimum Gasteiger partial charge on any atom is -0.481 e. The van der Waals surface area contributed by atoms with Crippen LogP contribution in [0.1, 0.15) is 32.6 Å². The zero-order chi connectivity index (χ0) is 21.1. The molecule has 0 saturated carbocycles. The summed E-state index contributed by atoms with van der Waals surface area (Å²) in [6, 6.07) is -0.137. The minimum atomic E-state index is -0.772. The molecule has 162 valence electrons. The van der Waals surface area contributed by atoms with Crippen LogP contribution in [-0.2, 0) is 9.59 Å². The summed E-state index contributed by atoms with van der Waals surface area (Å²) in [7, 11) is 0. The molecule has 9 N–H and O–H groups in total. The first kappa shape index (κ1) is 21.7. The standard InChI is InChI=1S/C18H30ClN7O3/c1-2-26-11-7-9(4-6-13(27)28)3-5-10(11)23-12(26)8-22-18(29)14-16(20)25-17(21)15(19)24-14/h3,10-12,14,16,23-25H,2,4-8,20-21H2,1H3,(H,22,29)(H,27,28). The summed E-state index contributed by atoms with van der Waals surface area (Å²) < 4.78 is 0. The number of fused-ring (bicyclic) bond motifs is 1. The van der Waals surface area contributed by atoms with Crippen LogP contribution in [0.15, 0.2) is 22.6 Å². The summed E-state index contributed by atoms with van der Waals surface area (Å²) in [5.41, 5.74) is 12.8. The number of nitrogens with two attached hydrogens (primary N) is 2. The number of carboxylic acids is 1. The van der Waals surface area contributed by atoms with Gasteiger partial charge in [-0.2, -0.15) is 0 Å². The average molecular weight is 428 g/mol. The molecule has 11 heteroatoms. The van der Waals surface area contributed by atoms with E-state index in [1.807, 2.05) is 0 Å². The smallest absolute Gasteiger partial charge is 0.303 e. The molecule has 2 heterocycles. The second-order valence-corrected chi connectivity index (χ2v) is 8.03. The number of rotatable bonds is 7. The fraction of sp³-hybridized carbons (Fsp3) is 0.667. The van der Waals surface area contributed by atoms with E-state index < -0.39 is 18.2 Å². The number of halogens is 1. The number of carbonyl (C=O) groups excluding carboxylic acids is 1. The van der Waals surface area contributed by atoms with E-state index in [-0.39, 0.29) is 29.5 Å². The number of nitrogens with zero attached hydrogens (tertiary/aromatic N) is 1. The van der Waals surface area contributed by atoms with Crippen molar-refractivity contribution in [2.45, 2.75) is 63.1 Å². The maximum Gasteiger partial charge on any atom is 0.303 e. The lowest BCUT2D eigenvalue weighted by molar-refractivity contribution is -0.137. The summed E-state index contributed by atoms with van der Waals surface area (Å²) in [5, 5.41) is 21.2. The van der Waals surface area contributed by atoms with Gasteiger partial charge in [-0.3, -0.25) is 19.8 Å². The van der Waals surface area contributed by atoms with Crippen molar-refractivity contribution in [1.29, 1.82) is 0 Å². The zero-order valence-electron chi connectivity index (χ0n) is 16.5. The van der Waals surface area contributed by atoms with Crippen molar-refractivity contribution in [1.82, 2.24) is 26.2 Å². The van der Waals surface area contributed by atoms with E-state index in [0.717, 1.165) is 19.4 Å². The van der Waals surface area contributed by atoms with Gasteiger partial charge in [-0.05, 0) is 25.8 Å².